The molecule has 216 valence electrons. The van der Waals surface area contributed by atoms with Crippen LogP contribution in [-0.2, 0) is 28.2 Å². The summed E-state index contributed by atoms with van der Waals surface area (Å²) in [6, 6.07) is 5.27. The van der Waals surface area contributed by atoms with Gasteiger partial charge in [0.2, 0.25) is 0 Å². The highest BCUT2D eigenvalue weighted by Crippen LogP contribution is 2.42. The number of halogens is 3. The highest BCUT2D eigenvalue weighted by atomic mass is 19.3. The Kier molecular flexibility index (Phi) is 7.71. The molecule has 0 spiro atoms. The summed E-state index contributed by atoms with van der Waals surface area (Å²) in [4.78, 5) is 11.8. The quantitative estimate of drug-likeness (QED) is 0.381. The van der Waals surface area contributed by atoms with Gasteiger partial charge in [0.05, 0.1) is 36.4 Å². The number of fused-ring (bicyclic) bond motifs is 3. The van der Waals surface area contributed by atoms with E-state index in [2.05, 4.69) is 21.3 Å². The van der Waals surface area contributed by atoms with Gasteiger partial charge >= 0.3 is 5.92 Å². The lowest BCUT2D eigenvalue weighted by Gasteiger charge is -2.35. The van der Waals surface area contributed by atoms with Crippen LogP contribution < -0.4 is 10.2 Å². The van der Waals surface area contributed by atoms with Gasteiger partial charge in [0.1, 0.15) is 23.1 Å². The number of aromatic nitrogens is 2. The number of nitrogens with zero attached hydrogens (tertiary/aromatic N) is 3. The summed E-state index contributed by atoms with van der Waals surface area (Å²) in [6.07, 6.45) is 2.86. The van der Waals surface area contributed by atoms with Crippen molar-refractivity contribution in [1.82, 2.24) is 9.97 Å². The number of nitrogens with one attached hydrogen (secondary N) is 1. The molecule has 1 aliphatic carbocycles. The maximum absolute atomic E-state index is 15.5. The van der Waals surface area contributed by atoms with Crippen molar-refractivity contribution in [3.05, 3.63) is 58.2 Å². The van der Waals surface area contributed by atoms with Crippen LogP contribution >= 0.6 is 0 Å². The van der Waals surface area contributed by atoms with E-state index in [1.54, 1.807) is 14.0 Å². The summed E-state index contributed by atoms with van der Waals surface area (Å²) in [5, 5.41) is 14.1. The molecule has 2 N–H and O–H groups in total. The largest absolute Gasteiger partial charge is 0.384 e. The Labute approximate surface area is 232 Å². The number of rotatable bonds is 8. The van der Waals surface area contributed by atoms with Crippen LogP contribution in [0.1, 0.15) is 61.3 Å². The third-order valence-corrected chi connectivity index (χ3v) is 7.94. The molecule has 0 bridgehead atoms. The SMILES string of the molecule is COC[C@H]1CN(c2cc3c(N[C@H](C)c4cccc(C(F)(F)C(C)(C)O)c4F)nc(C)nc3c3c2CCC3)CCO1. The fourth-order valence-electron chi connectivity index (χ4n) is 5.82. The second kappa shape index (κ2) is 10.8. The number of methoxy groups -OCH3 is 1. The minimum atomic E-state index is -3.78. The maximum Gasteiger partial charge on any atom is 0.303 e. The van der Waals surface area contributed by atoms with Crippen molar-refractivity contribution in [3.8, 4) is 0 Å². The van der Waals surface area contributed by atoms with E-state index in [1.807, 2.05) is 6.92 Å². The Morgan fingerprint density at radius 3 is 2.70 bits per heavy atom. The molecule has 0 radical (unpaired) electrons. The van der Waals surface area contributed by atoms with E-state index in [4.69, 9.17) is 14.5 Å². The molecule has 40 heavy (non-hydrogen) atoms. The molecule has 3 aromatic rings. The van der Waals surface area contributed by atoms with E-state index < -0.39 is 28.9 Å². The average Bonchev–Trinajstić information content (AvgIpc) is 3.38. The second-order valence-corrected chi connectivity index (χ2v) is 11.3. The number of alkyl halides is 2. The first-order valence-electron chi connectivity index (χ1n) is 13.8. The predicted molar refractivity (Wildman–Crippen MR) is 149 cm³/mol. The van der Waals surface area contributed by atoms with Crippen LogP contribution in [0.2, 0.25) is 0 Å². The summed E-state index contributed by atoms with van der Waals surface area (Å²) < 4.78 is 56.6. The number of hydrogen-bond acceptors (Lipinski definition) is 7. The standard InChI is InChI=1S/C30H37F3N4O3/c1-17(20-8-7-11-24(26(20)31)30(32,33)29(3,4)38)34-28-23-14-25(37-12-13-40-19(15-37)16-39-5)21-9-6-10-22(21)27(23)35-18(2)36-28/h7-8,11,14,17,19,38H,6,9-10,12-13,15-16H2,1-5H3,(H,34,35,36)/t17-,19-/m1/s1. The van der Waals surface area contributed by atoms with Crippen molar-refractivity contribution in [2.24, 2.45) is 0 Å². The molecule has 2 heterocycles. The van der Waals surface area contributed by atoms with Gasteiger partial charge in [-0.3, -0.25) is 0 Å². The molecule has 2 atom stereocenters. The first-order chi connectivity index (χ1) is 18.9. The highest BCUT2D eigenvalue weighted by molar-refractivity contribution is 5.96. The van der Waals surface area contributed by atoms with E-state index in [0.717, 1.165) is 62.3 Å². The fraction of sp³-hybridized carbons (Fsp3) is 0.533. The van der Waals surface area contributed by atoms with Gasteiger partial charge in [-0.1, -0.05) is 12.1 Å². The van der Waals surface area contributed by atoms with Gasteiger partial charge in [0.25, 0.3) is 0 Å². The molecule has 10 heteroatoms. The van der Waals surface area contributed by atoms with Gasteiger partial charge in [-0.05, 0) is 70.2 Å². The van der Waals surface area contributed by atoms with Gasteiger partial charge < -0.3 is 24.8 Å². The van der Waals surface area contributed by atoms with E-state index in [0.29, 0.717) is 31.4 Å². The van der Waals surface area contributed by atoms with E-state index in [9.17, 15) is 13.9 Å². The van der Waals surface area contributed by atoms with Crippen molar-refractivity contribution < 1.29 is 27.8 Å². The van der Waals surface area contributed by atoms with Crippen molar-refractivity contribution >= 4 is 22.4 Å². The molecule has 7 nitrogen and oxygen atoms in total. The van der Waals surface area contributed by atoms with Gasteiger partial charge in [0, 0.05) is 36.8 Å². The average molecular weight is 559 g/mol. The van der Waals surface area contributed by atoms with Crippen LogP contribution in [0.3, 0.4) is 0 Å². The molecular formula is C30H37F3N4O3. The molecule has 0 saturated carbocycles. The molecule has 0 unspecified atom stereocenters. The lowest BCUT2D eigenvalue weighted by molar-refractivity contribution is -0.170. The minimum Gasteiger partial charge on any atom is -0.384 e. The minimum absolute atomic E-state index is 0.0318. The molecule has 1 aromatic heterocycles. The number of anilines is 2. The van der Waals surface area contributed by atoms with Crippen LogP contribution in [0.5, 0.6) is 0 Å². The number of morpholine rings is 1. The Hall–Kier alpha value is -2.95. The fourth-order valence-corrected chi connectivity index (χ4v) is 5.82. The molecule has 5 rings (SSSR count). The zero-order chi connectivity index (χ0) is 28.8. The first kappa shape index (κ1) is 28.6. The molecule has 0 amide bonds. The Morgan fingerprint density at radius 2 is 1.98 bits per heavy atom. The lowest BCUT2D eigenvalue weighted by Crippen LogP contribution is -2.44. The maximum atomic E-state index is 15.5. The van der Waals surface area contributed by atoms with Crippen LogP contribution in [0.25, 0.3) is 10.9 Å². The molecule has 1 fully saturated rings. The molecule has 1 aliphatic heterocycles. The summed E-state index contributed by atoms with van der Waals surface area (Å²) in [5.41, 5.74) is 1.25. The topological polar surface area (TPSA) is 79.7 Å². The third-order valence-electron chi connectivity index (χ3n) is 7.94. The van der Waals surface area contributed by atoms with Crippen LogP contribution in [0.15, 0.2) is 24.3 Å². The summed E-state index contributed by atoms with van der Waals surface area (Å²) >= 11 is 0. The molecular weight excluding hydrogens is 521 g/mol. The van der Waals surface area contributed by atoms with Gasteiger partial charge in [-0.25, -0.2) is 14.4 Å². The number of aryl methyl sites for hydroxylation is 2. The summed E-state index contributed by atoms with van der Waals surface area (Å²) in [7, 11) is 1.67. The van der Waals surface area contributed by atoms with Crippen molar-refractivity contribution in [2.45, 2.75) is 70.6 Å². The first-order valence-corrected chi connectivity index (χ1v) is 13.8. The van der Waals surface area contributed by atoms with E-state index >= 15 is 4.39 Å². The summed E-state index contributed by atoms with van der Waals surface area (Å²) in [5.74, 6) is -3.74. The smallest absolute Gasteiger partial charge is 0.303 e. The predicted octanol–water partition coefficient (Wildman–Crippen LogP) is 5.45. The van der Waals surface area contributed by atoms with Crippen LogP contribution in [0, 0.1) is 12.7 Å². The third kappa shape index (κ3) is 5.12. The second-order valence-electron chi connectivity index (χ2n) is 11.3. The van der Waals surface area contributed by atoms with Crippen molar-refractivity contribution in [2.75, 3.05) is 43.6 Å². The van der Waals surface area contributed by atoms with Crippen molar-refractivity contribution in [3.63, 3.8) is 0 Å². The normalized spacial score (nSPS) is 18.7. The number of benzene rings is 2. The number of hydrogen-bond donors (Lipinski definition) is 2. The lowest BCUT2D eigenvalue weighted by atomic mass is 9.91. The van der Waals surface area contributed by atoms with Gasteiger partial charge in [0.15, 0.2) is 0 Å². The zero-order valence-corrected chi connectivity index (χ0v) is 23.7. The summed E-state index contributed by atoms with van der Waals surface area (Å²) in [6.45, 7) is 8.01. The van der Waals surface area contributed by atoms with Crippen LogP contribution in [-0.4, -0.2) is 60.2 Å². The van der Waals surface area contributed by atoms with Crippen molar-refractivity contribution in [1.29, 1.82) is 0 Å². The van der Waals surface area contributed by atoms with E-state index in [1.165, 1.54) is 23.3 Å². The van der Waals surface area contributed by atoms with Crippen LogP contribution in [0.4, 0.5) is 24.7 Å². The van der Waals surface area contributed by atoms with Gasteiger partial charge in [-0.15, -0.1) is 0 Å². The zero-order valence-electron chi connectivity index (χ0n) is 23.7. The number of aliphatic hydroxyl groups is 1. The Bertz CT molecular complexity index is 1410. The molecule has 2 aromatic carbocycles. The number of ether oxygens (including phenoxy) is 2. The molecule has 2 aliphatic rings. The Morgan fingerprint density at radius 1 is 1.23 bits per heavy atom. The highest BCUT2D eigenvalue weighted by Gasteiger charge is 2.49. The monoisotopic (exact) mass is 558 g/mol. The van der Waals surface area contributed by atoms with Gasteiger partial charge in [-0.2, -0.15) is 8.78 Å². The Balaban J connectivity index is 1.56. The van der Waals surface area contributed by atoms with E-state index in [-0.39, 0.29) is 11.7 Å². The molecule has 1 saturated heterocycles.